The lowest BCUT2D eigenvalue weighted by Gasteiger charge is -2.04. The number of benzene rings is 1. The summed E-state index contributed by atoms with van der Waals surface area (Å²) in [6, 6.07) is 10.3. The lowest BCUT2D eigenvalue weighted by atomic mass is 10.2. The summed E-state index contributed by atoms with van der Waals surface area (Å²) in [7, 11) is 0. The van der Waals surface area contributed by atoms with Gasteiger partial charge in [0.25, 0.3) is 0 Å². The molecule has 0 saturated carbocycles. The summed E-state index contributed by atoms with van der Waals surface area (Å²) in [6.07, 6.45) is 9.00. The number of hydrogen-bond acceptors (Lipinski definition) is 1. The molecule has 0 fully saturated rings. The summed E-state index contributed by atoms with van der Waals surface area (Å²) in [5.41, 5.74) is 1.23. The highest BCUT2D eigenvalue weighted by Gasteiger charge is 1.95. The minimum absolute atomic E-state index is 0.693. The third-order valence-electron chi connectivity index (χ3n) is 2.99. The first-order valence-corrected chi connectivity index (χ1v) is 7.67. The van der Waals surface area contributed by atoms with Crippen LogP contribution in [0.15, 0.2) is 41.4 Å². The van der Waals surface area contributed by atoms with Crippen LogP contribution in [0.1, 0.15) is 51.0 Å². The first-order valence-electron chi connectivity index (χ1n) is 7.29. The fourth-order valence-electron chi connectivity index (χ4n) is 1.86. The molecule has 106 valence electrons. The highest BCUT2D eigenvalue weighted by Crippen LogP contribution is 2.13. The number of allylic oxidation sites excluding steroid dienone is 2. The standard InChI is InChI=1S/C17H25ClO/c1-2-3-4-8-12-17(18)13-9-14-19-15-16-10-6-5-7-11-16/h5-7,10-12H,2-4,8-9,13-15H2,1H3/b17-12-. The molecular weight excluding hydrogens is 256 g/mol. The predicted molar refractivity (Wildman–Crippen MR) is 83.4 cm³/mol. The molecule has 0 radical (unpaired) electrons. The summed E-state index contributed by atoms with van der Waals surface area (Å²) in [6.45, 7) is 3.68. The third kappa shape index (κ3) is 8.85. The molecule has 0 unspecified atom stereocenters. The zero-order chi connectivity index (χ0) is 13.8. The van der Waals surface area contributed by atoms with Gasteiger partial charge in [-0.1, -0.05) is 67.8 Å². The second kappa shape index (κ2) is 11.1. The second-order valence-corrected chi connectivity index (χ2v) is 5.27. The van der Waals surface area contributed by atoms with E-state index in [1.165, 1.54) is 24.8 Å². The fourth-order valence-corrected chi connectivity index (χ4v) is 2.11. The average molecular weight is 281 g/mol. The number of rotatable bonds is 10. The first-order chi connectivity index (χ1) is 9.33. The molecule has 0 saturated heterocycles. The lowest BCUT2D eigenvalue weighted by Crippen LogP contribution is -1.95. The zero-order valence-electron chi connectivity index (χ0n) is 11.9. The molecule has 0 spiro atoms. The monoisotopic (exact) mass is 280 g/mol. The maximum atomic E-state index is 6.16. The van der Waals surface area contributed by atoms with Gasteiger partial charge >= 0.3 is 0 Å². The molecule has 0 aliphatic carbocycles. The molecule has 1 aromatic rings. The molecule has 19 heavy (non-hydrogen) atoms. The van der Waals surface area contributed by atoms with E-state index in [1.807, 2.05) is 18.2 Å². The Bertz CT molecular complexity index is 346. The van der Waals surface area contributed by atoms with Gasteiger partial charge in [-0.25, -0.2) is 0 Å². The highest BCUT2D eigenvalue weighted by molar-refractivity contribution is 6.29. The van der Waals surface area contributed by atoms with E-state index in [0.717, 1.165) is 30.9 Å². The Morgan fingerprint density at radius 2 is 1.95 bits per heavy atom. The van der Waals surface area contributed by atoms with E-state index in [-0.39, 0.29) is 0 Å². The summed E-state index contributed by atoms with van der Waals surface area (Å²) >= 11 is 6.16. The zero-order valence-corrected chi connectivity index (χ0v) is 12.7. The van der Waals surface area contributed by atoms with Gasteiger partial charge < -0.3 is 4.74 Å². The van der Waals surface area contributed by atoms with Crippen molar-refractivity contribution in [2.24, 2.45) is 0 Å². The molecule has 0 amide bonds. The van der Waals surface area contributed by atoms with Crippen LogP contribution in [0.2, 0.25) is 0 Å². The molecule has 2 heteroatoms. The van der Waals surface area contributed by atoms with Crippen molar-refractivity contribution in [2.45, 2.75) is 52.1 Å². The summed E-state index contributed by atoms with van der Waals surface area (Å²) in [4.78, 5) is 0. The molecular formula is C17H25ClO. The topological polar surface area (TPSA) is 9.23 Å². The molecule has 0 atom stereocenters. The molecule has 0 aromatic heterocycles. The summed E-state index contributed by atoms with van der Waals surface area (Å²) in [5.74, 6) is 0. The van der Waals surface area contributed by atoms with Crippen molar-refractivity contribution in [2.75, 3.05) is 6.61 Å². The van der Waals surface area contributed by atoms with Crippen LogP contribution >= 0.6 is 11.6 Å². The van der Waals surface area contributed by atoms with Crippen LogP contribution < -0.4 is 0 Å². The van der Waals surface area contributed by atoms with E-state index in [0.29, 0.717) is 6.61 Å². The van der Waals surface area contributed by atoms with Crippen molar-refractivity contribution in [1.82, 2.24) is 0 Å². The van der Waals surface area contributed by atoms with Crippen LogP contribution in [0.25, 0.3) is 0 Å². The Kier molecular flexibility index (Phi) is 9.48. The predicted octanol–water partition coefficient (Wildman–Crippen LogP) is 5.69. The van der Waals surface area contributed by atoms with Crippen LogP contribution in [-0.4, -0.2) is 6.61 Å². The van der Waals surface area contributed by atoms with E-state index >= 15 is 0 Å². The van der Waals surface area contributed by atoms with E-state index in [1.54, 1.807) is 0 Å². The number of halogens is 1. The van der Waals surface area contributed by atoms with Crippen molar-refractivity contribution in [3.05, 3.63) is 47.0 Å². The maximum Gasteiger partial charge on any atom is 0.0716 e. The van der Waals surface area contributed by atoms with Crippen LogP contribution in [0.4, 0.5) is 0 Å². The van der Waals surface area contributed by atoms with Gasteiger partial charge in [0.05, 0.1) is 6.61 Å². The largest absolute Gasteiger partial charge is 0.377 e. The van der Waals surface area contributed by atoms with Crippen LogP contribution in [0, 0.1) is 0 Å². The molecule has 0 N–H and O–H groups in total. The van der Waals surface area contributed by atoms with Gasteiger partial charge in [0.15, 0.2) is 0 Å². The van der Waals surface area contributed by atoms with Crippen LogP contribution in [-0.2, 0) is 11.3 Å². The van der Waals surface area contributed by atoms with Gasteiger partial charge in [-0.05, 0) is 31.2 Å². The Balaban J connectivity index is 2.01. The van der Waals surface area contributed by atoms with Gasteiger partial charge in [-0.2, -0.15) is 0 Å². The van der Waals surface area contributed by atoms with Gasteiger partial charge in [-0.15, -0.1) is 0 Å². The molecule has 0 aliphatic heterocycles. The van der Waals surface area contributed by atoms with Gasteiger partial charge in [0, 0.05) is 11.6 Å². The quantitative estimate of drug-likeness (QED) is 0.501. The Hall–Kier alpha value is -0.790. The SMILES string of the molecule is CCCCC/C=C(\Cl)CCCOCc1ccccc1. The first kappa shape index (κ1) is 16.3. The smallest absolute Gasteiger partial charge is 0.0716 e. The van der Waals surface area contributed by atoms with Gasteiger partial charge in [-0.3, -0.25) is 0 Å². The van der Waals surface area contributed by atoms with Crippen molar-refractivity contribution in [3.63, 3.8) is 0 Å². The van der Waals surface area contributed by atoms with Gasteiger partial charge in [0.2, 0.25) is 0 Å². The Morgan fingerprint density at radius 3 is 2.68 bits per heavy atom. The maximum absolute atomic E-state index is 6.16. The van der Waals surface area contributed by atoms with Crippen molar-refractivity contribution in [3.8, 4) is 0 Å². The average Bonchev–Trinajstić information content (AvgIpc) is 2.44. The van der Waals surface area contributed by atoms with Crippen molar-refractivity contribution < 1.29 is 4.74 Å². The number of hydrogen-bond donors (Lipinski definition) is 0. The Morgan fingerprint density at radius 1 is 1.16 bits per heavy atom. The lowest BCUT2D eigenvalue weighted by molar-refractivity contribution is 0.119. The third-order valence-corrected chi connectivity index (χ3v) is 3.33. The Labute approximate surface area is 122 Å². The number of unbranched alkanes of at least 4 members (excludes halogenated alkanes) is 3. The minimum Gasteiger partial charge on any atom is -0.377 e. The summed E-state index contributed by atoms with van der Waals surface area (Å²) < 4.78 is 5.63. The molecule has 0 aliphatic rings. The highest BCUT2D eigenvalue weighted by atomic mass is 35.5. The normalized spacial score (nSPS) is 11.8. The molecule has 1 rings (SSSR count). The van der Waals surface area contributed by atoms with E-state index in [4.69, 9.17) is 16.3 Å². The van der Waals surface area contributed by atoms with Crippen LogP contribution in [0.3, 0.4) is 0 Å². The van der Waals surface area contributed by atoms with Crippen LogP contribution in [0.5, 0.6) is 0 Å². The molecule has 1 nitrogen and oxygen atoms in total. The van der Waals surface area contributed by atoms with E-state index < -0.39 is 0 Å². The fraction of sp³-hybridized carbons (Fsp3) is 0.529. The van der Waals surface area contributed by atoms with Crippen molar-refractivity contribution in [1.29, 1.82) is 0 Å². The number of ether oxygens (including phenoxy) is 1. The van der Waals surface area contributed by atoms with E-state index in [2.05, 4.69) is 25.1 Å². The molecule has 0 bridgehead atoms. The van der Waals surface area contributed by atoms with Gasteiger partial charge in [0.1, 0.15) is 0 Å². The second-order valence-electron chi connectivity index (χ2n) is 4.79. The minimum atomic E-state index is 0.693. The molecule has 0 heterocycles. The summed E-state index contributed by atoms with van der Waals surface area (Å²) in [5, 5.41) is 0.986. The van der Waals surface area contributed by atoms with E-state index in [9.17, 15) is 0 Å². The molecule has 1 aromatic carbocycles. The van der Waals surface area contributed by atoms with Crippen molar-refractivity contribution >= 4 is 11.6 Å².